The van der Waals surface area contributed by atoms with Crippen molar-refractivity contribution in [3.63, 3.8) is 0 Å². The van der Waals surface area contributed by atoms with Crippen LogP contribution < -0.4 is 10.2 Å². The van der Waals surface area contributed by atoms with Gasteiger partial charge < -0.3 is 10.2 Å². The summed E-state index contributed by atoms with van der Waals surface area (Å²) >= 11 is 0. The van der Waals surface area contributed by atoms with Gasteiger partial charge in [0.25, 0.3) is 0 Å². The number of hydrogen-bond acceptors (Lipinski definition) is 2. The van der Waals surface area contributed by atoms with Crippen molar-refractivity contribution in [1.82, 2.24) is 0 Å². The average molecular weight is 264 g/mol. The summed E-state index contributed by atoms with van der Waals surface area (Å²) in [6.07, 6.45) is 2.44. The summed E-state index contributed by atoms with van der Waals surface area (Å²) in [5.74, 6) is 0.666. The Morgan fingerprint density at radius 1 is 1.05 bits per heavy atom. The minimum atomic E-state index is 0.666. The molecule has 2 heterocycles. The third-order valence-corrected chi connectivity index (χ3v) is 4.67. The molecular weight excluding hydrogens is 244 g/mol. The highest BCUT2D eigenvalue weighted by Gasteiger charge is 2.24. The van der Waals surface area contributed by atoms with Crippen molar-refractivity contribution in [2.24, 2.45) is 0 Å². The lowest BCUT2D eigenvalue weighted by Gasteiger charge is -2.21. The van der Waals surface area contributed by atoms with Crippen LogP contribution in [0.15, 0.2) is 48.5 Å². The molecule has 2 aliphatic rings. The van der Waals surface area contributed by atoms with E-state index in [0.717, 1.165) is 13.1 Å². The van der Waals surface area contributed by atoms with E-state index in [1.54, 1.807) is 0 Å². The monoisotopic (exact) mass is 264 g/mol. The predicted octanol–water partition coefficient (Wildman–Crippen LogP) is 3.65. The maximum atomic E-state index is 3.53. The second-order valence-corrected chi connectivity index (χ2v) is 5.82. The second-order valence-electron chi connectivity index (χ2n) is 5.82. The van der Waals surface area contributed by atoms with E-state index >= 15 is 0 Å². The SMILES string of the molecule is c1ccc2c(c1)CCN2CCC1CNc2ccccc21. The van der Waals surface area contributed by atoms with Gasteiger partial charge in [-0.3, -0.25) is 0 Å². The van der Waals surface area contributed by atoms with Gasteiger partial charge in [0, 0.05) is 36.9 Å². The van der Waals surface area contributed by atoms with Crippen LogP contribution in [-0.2, 0) is 6.42 Å². The van der Waals surface area contributed by atoms with Crippen LogP contribution in [0.1, 0.15) is 23.5 Å². The quantitative estimate of drug-likeness (QED) is 0.910. The molecule has 102 valence electrons. The van der Waals surface area contributed by atoms with Gasteiger partial charge in [0.15, 0.2) is 0 Å². The molecule has 1 atom stereocenters. The number of fused-ring (bicyclic) bond motifs is 2. The first-order chi connectivity index (χ1) is 9.92. The van der Waals surface area contributed by atoms with E-state index in [4.69, 9.17) is 0 Å². The number of hydrogen-bond donors (Lipinski definition) is 1. The van der Waals surface area contributed by atoms with Crippen LogP contribution in [0.3, 0.4) is 0 Å². The maximum absolute atomic E-state index is 3.53. The summed E-state index contributed by atoms with van der Waals surface area (Å²) in [6, 6.07) is 17.6. The molecule has 0 fully saturated rings. The average Bonchev–Trinajstić information content (AvgIpc) is 3.09. The van der Waals surface area contributed by atoms with Crippen LogP contribution in [0.4, 0.5) is 11.4 Å². The van der Waals surface area contributed by atoms with E-state index in [-0.39, 0.29) is 0 Å². The van der Waals surface area contributed by atoms with Crippen LogP contribution in [0.5, 0.6) is 0 Å². The molecule has 2 aromatic carbocycles. The van der Waals surface area contributed by atoms with Gasteiger partial charge in [0.1, 0.15) is 0 Å². The summed E-state index contributed by atoms with van der Waals surface area (Å²) < 4.78 is 0. The van der Waals surface area contributed by atoms with Crippen molar-refractivity contribution in [3.8, 4) is 0 Å². The second kappa shape index (κ2) is 4.86. The Morgan fingerprint density at radius 2 is 1.90 bits per heavy atom. The fourth-order valence-corrected chi connectivity index (χ4v) is 3.57. The first-order valence-electron chi connectivity index (χ1n) is 7.57. The van der Waals surface area contributed by atoms with E-state index < -0.39 is 0 Å². The molecule has 0 radical (unpaired) electrons. The molecule has 2 aromatic rings. The van der Waals surface area contributed by atoms with Crippen molar-refractivity contribution in [3.05, 3.63) is 59.7 Å². The van der Waals surface area contributed by atoms with Crippen molar-refractivity contribution < 1.29 is 0 Å². The van der Waals surface area contributed by atoms with E-state index in [1.807, 2.05) is 0 Å². The van der Waals surface area contributed by atoms with Gasteiger partial charge in [-0.25, -0.2) is 0 Å². The highest BCUT2D eigenvalue weighted by atomic mass is 15.1. The molecule has 0 spiro atoms. The van der Waals surface area contributed by atoms with Gasteiger partial charge >= 0.3 is 0 Å². The van der Waals surface area contributed by atoms with Crippen LogP contribution in [0.25, 0.3) is 0 Å². The van der Waals surface area contributed by atoms with Crippen molar-refractivity contribution in [1.29, 1.82) is 0 Å². The van der Waals surface area contributed by atoms with E-state index in [0.29, 0.717) is 5.92 Å². The summed E-state index contributed by atoms with van der Waals surface area (Å²) in [7, 11) is 0. The highest BCUT2D eigenvalue weighted by molar-refractivity contribution is 5.59. The molecule has 0 aliphatic carbocycles. The van der Waals surface area contributed by atoms with Crippen molar-refractivity contribution >= 4 is 11.4 Å². The number of anilines is 2. The molecule has 1 unspecified atom stereocenters. The van der Waals surface area contributed by atoms with Crippen LogP contribution in [0, 0.1) is 0 Å². The number of nitrogens with zero attached hydrogens (tertiary/aromatic N) is 1. The minimum absolute atomic E-state index is 0.666. The van der Waals surface area contributed by atoms with Crippen molar-refractivity contribution in [2.45, 2.75) is 18.8 Å². The third-order valence-electron chi connectivity index (χ3n) is 4.67. The Balaban J connectivity index is 1.45. The minimum Gasteiger partial charge on any atom is -0.384 e. The number of nitrogens with one attached hydrogen (secondary N) is 1. The molecule has 2 nitrogen and oxygen atoms in total. The van der Waals surface area contributed by atoms with Crippen LogP contribution in [0.2, 0.25) is 0 Å². The summed E-state index contributed by atoms with van der Waals surface area (Å²) in [4.78, 5) is 2.55. The zero-order valence-corrected chi connectivity index (χ0v) is 11.7. The van der Waals surface area contributed by atoms with Gasteiger partial charge in [0.05, 0.1) is 0 Å². The summed E-state index contributed by atoms with van der Waals surface area (Å²) in [5, 5.41) is 3.53. The first-order valence-corrected chi connectivity index (χ1v) is 7.57. The fourth-order valence-electron chi connectivity index (χ4n) is 3.57. The smallest absolute Gasteiger partial charge is 0.0399 e. The maximum Gasteiger partial charge on any atom is 0.0399 e. The van der Waals surface area contributed by atoms with Gasteiger partial charge in [-0.1, -0.05) is 36.4 Å². The first kappa shape index (κ1) is 11.8. The Hall–Kier alpha value is -1.96. The lowest BCUT2D eigenvalue weighted by atomic mass is 9.98. The predicted molar refractivity (Wildman–Crippen MR) is 84.6 cm³/mol. The molecule has 2 aliphatic heterocycles. The molecule has 0 amide bonds. The molecule has 1 N–H and O–H groups in total. The van der Waals surface area contributed by atoms with Gasteiger partial charge in [-0.2, -0.15) is 0 Å². The summed E-state index contributed by atoms with van der Waals surface area (Å²) in [6.45, 7) is 3.44. The molecule has 0 aromatic heterocycles. The molecule has 0 saturated carbocycles. The Labute approximate surface area is 120 Å². The van der Waals surface area contributed by atoms with E-state index in [1.165, 1.54) is 41.9 Å². The zero-order valence-electron chi connectivity index (χ0n) is 11.7. The van der Waals surface area contributed by atoms with Gasteiger partial charge in [-0.15, -0.1) is 0 Å². The molecule has 2 heteroatoms. The Morgan fingerprint density at radius 3 is 2.90 bits per heavy atom. The number of benzene rings is 2. The molecular formula is C18H20N2. The lowest BCUT2D eigenvalue weighted by Crippen LogP contribution is -2.23. The number of rotatable bonds is 3. The van der Waals surface area contributed by atoms with E-state index in [9.17, 15) is 0 Å². The standard InChI is InChI=1S/C18H20N2/c1-4-8-18-14(5-1)9-11-20(18)12-10-15-13-19-17-7-3-2-6-16(15)17/h1-8,15,19H,9-13H2. The van der Waals surface area contributed by atoms with Crippen LogP contribution >= 0.6 is 0 Å². The van der Waals surface area contributed by atoms with Gasteiger partial charge in [0.2, 0.25) is 0 Å². The molecule has 4 rings (SSSR count). The normalized spacial score (nSPS) is 19.6. The van der Waals surface area contributed by atoms with Gasteiger partial charge in [-0.05, 0) is 36.1 Å². The largest absolute Gasteiger partial charge is 0.384 e. The molecule has 20 heavy (non-hydrogen) atoms. The molecule has 0 bridgehead atoms. The highest BCUT2D eigenvalue weighted by Crippen LogP contribution is 2.34. The fraction of sp³-hybridized carbons (Fsp3) is 0.333. The van der Waals surface area contributed by atoms with Crippen molar-refractivity contribution in [2.75, 3.05) is 29.9 Å². The molecule has 0 saturated heterocycles. The van der Waals surface area contributed by atoms with E-state index in [2.05, 4.69) is 58.7 Å². The Kier molecular flexibility index (Phi) is 2.87. The third kappa shape index (κ3) is 1.96. The summed E-state index contributed by atoms with van der Waals surface area (Å²) in [5.41, 5.74) is 5.79. The number of para-hydroxylation sites is 2. The van der Waals surface area contributed by atoms with Crippen LogP contribution in [-0.4, -0.2) is 19.6 Å². The Bertz CT molecular complexity index is 565. The zero-order chi connectivity index (χ0) is 13.4. The topological polar surface area (TPSA) is 15.3 Å². The lowest BCUT2D eigenvalue weighted by molar-refractivity contribution is 0.654.